The SMILES string of the molecule is CCCC(C)(C)NC(=O)c1cc(Br)ccc1N. The number of carbonyl (C=O) groups is 1. The first-order chi connectivity index (χ1) is 7.85. The van der Waals surface area contributed by atoms with Gasteiger partial charge in [0, 0.05) is 15.7 Å². The first kappa shape index (κ1) is 14.0. The monoisotopic (exact) mass is 298 g/mol. The average molecular weight is 299 g/mol. The zero-order valence-electron chi connectivity index (χ0n) is 10.5. The van der Waals surface area contributed by atoms with E-state index in [0.717, 1.165) is 17.3 Å². The molecule has 0 fully saturated rings. The van der Waals surface area contributed by atoms with Crippen molar-refractivity contribution < 1.29 is 4.79 Å². The molecular formula is C13H19BrN2O. The molecule has 0 saturated carbocycles. The zero-order chi connectivity index (χ0) is 13.1. The van der Waals surface area contributed by atoms with Crippen LogP contribution in [0.4, 0.5) is 5.69 Å². The molecule has 1 rings (SSSR count). The van der Waals surface area contributed by atoms with Gasteiger partial charge in [0.05, 0.1) is 5.56 Å². The van der Waals surface area contributed by atoms with Crippen LogP contribution in [0.1, 0.15) is 44.0 Å². The number of halogens is 1. The van der Waals surface area contributed by atoms with Gasteiger partial charge in [0.2, 0.25) is 0 Å². The Morgan fingerprint density at radius 1 is 1.47 bits per heavy atom. The number of nitrogens with two attached hydrogens (primary N) is 1. The first-order valence-corrected chi connectivity index (χ1v) is 6.52. The lowest BCUT2D eigenvalue weighted by molar-refractivity contribution is 0.0910. The van der Waals surface area contributed by atoms with Crippen molar-refractivity contribution >= 4 is 27.5 Å². The maximum absolute atomic E-state index is 12.1. The fourth-order valence-corrected chi connectivity index (χ4v) is 2.15. The van der Waals surface area contributed by atoms with E-state index in [4.69, 9.17) is 5.73 Å². The number of nitrogen functional groups attached to an aromatic ring is 1. The molecule has 0 aromatic heterocycles. The topological polar surface area (TPSA) is 55.1 Å². The normalized spacial score (nSPS) is 11.3. The highest BCUT2D eigenvalue weighted by Gasteiger charge is 2.21. The Labute approximate surface area is 111 Å². The molecule has 4 heteroatoms. The van der Waals surface area contributed by atoms with E-state index in [1.165, 1.54) is 0 Å². The van der Waals surface area contributed by atoms with E-state index in [-0.39, 0.29) is 11.4 Å². The standard InChI is InChI=1S/C13H19BrN2O/c1-4-7-13(2,3)16-12(17)10-8-9(14)5-6-11(10)15/h5-6,8H,4,7,15H2,1-3H3,(H,16,17). The van der Waals surface area contributed by atoms with E-state index in [9.17, 15) is 4.79 Å². The Bertz CT molecular complexity index is 416. The van der Waals surface area contributed by atoms with Gasteiger partial charge in [-0.3, -0.25) is 4.79 Å². The largest absolute Gasteiger partial charge is 0.398 e. The summed E-state index contributed by atoms with van der Waals surface area (Å²) in [5, 5.41) is 3.00. The van der Waals surface area contributed by atoms with Crippen LogP contribution in [0, 0.1) is 0 Å². The van der Waals surface area contributed by atoms with Crippen LogP contribution < -0.4 is 11.1 Å². The van der Waals surface area contributed by atoms with Crippen LogP contribution in [0.15, 0.2) is 22.7 Å². The predicted octanol–water partition coefficient (Wildman–Crippen LogP) is 3.34. The van der Waals surface area contributed by atoms with Gasteiger partial charge in [-0.25, -0.2) is 0 Å². The van der Waals surface area contributed by atoms with Crippen molar-refractivity contribution in [2.45, 2.75) is 39.2 Å². The second-order valence-corrected chi connectivity index (χ2v) is 5.74. The van der Waals surface area contributed by atoms with Gasteiger partial charge >= 0.3 is 0 Å². The smallest absolute Gasteiger partial charge is 0.253 e. The quantitative estimate of drug-likeness (QED) is 0.838. The number of rotatable bonds is 4. The summed E-state index contributed by atoms with van der Waals surface area (Å²) in [6.45, 7) is 6.13. The Hall–Kier alpha value is -1.03. The van der Waals surface area contributed by atoms with E-state index in [1.54, 1.807) is 12.1 Å². The summed E-state index contributed by atoms with van der Waals surface area (Å²) < 4.78 is 0.852. The van der Waals surface area contributed by atoms with Crippen LogP contribution in [-0.4, -0.2) is 11.4 Å². The predicted molar refractivity (Wildman–Crippen MR) is 75.0 cm³/mol. The molecule has 0 atom stereocenters. The van der Waals surface area contributed by atoms with Crippen molar-refractivity contribution in [2.24, 2.45) is 0 Å². The van der Waals surface area contributed by atoms with Crippen LogP contribution in [0.5, 0.6) is 0 Å². The third-order valence-electron chi connectivity index (χ3n) is 2.59. The Kier molecular flexibility index (Phi) is 4.57. The van der Waals surface area contributed by atoms with Crippen LogP contribution in [0.2, 0.25) is 0 Å². The molecule has 0 bridgehead atoms. The molecule has 3 N–H and O–H groups in total. The van der Waals surface area contributed by atoms with E-state index in [0.29, 0.717) is 11.3 Å². The molecule has 1 aromatic carbocycles. The summed E-state index contributed by atoms with van der Waals surface area (Å²) in [5.74, 6) is -0.123. The van der Waals surface area contributed by atoms with Gasteiger partial charge in [-0.05, 0) is 38.5 Å². The minimum Gasteiger partial charge on any atom is -0.398 e. The van der Waals surface area contributed by atoms with Gasteiger partial charge in [-0.2, -0.15) is 0 Å². The van der Waals surface area contributed by atoms with Gasteiger partial charge in [-0.1, -0.05) is 29.3 Å². The molecule has 3 nitrogen and oxygen atoms in total. The molecule has 1 aromatic rings. The molecule has 0 aliphatic heterocycles. The van der Waals surface area contributed by atoms with Crippen molar-refractivity contribution in [3.63, 3.8) is 0 Å². The van der Waals surface area contributed by atoms with Gasteiger partial charge in [0.1, 0.15) is 0 Å². The molecule has 0 spiro atoms. The molecule has 0 radical (unpaired) electrons. The second kappa shape index (κ2) is 5.54. The summed E-state index contributed by atoms with van der Waals surface area (Å²) in [6.07, 6.45) is 1.97. The maximum Gasteiger partial charge on any atom is 0.253 e. The molecule has 0 saturated heterocycles. The van der Waals surface area contributed by atoms with E-state index >= 15 is 0 Å². The molecule has 94 valence electrons. The van der Waals surface area contributed by atoms with E-state index in [2.05, 4.69) is 28.2 Å². The molecule has 0 heterocycles. The Morgan fingerprint density at radius 3 is 2.71 bits per heavy atom. The van der Waals surface area contributed by atoms with E-state index in [1.807, 2.05) is 19.9 Å². The zero-order valence-corrected chi connectivity index (χ0v) is 12.1. The summed E-state index contributed by atoms with van der Waals surface area (Å²) >= 11 is 3.34. The van der Waals surface area contributed by atoms with Crippen LogP contribution >= 0.6 is 15.9 Å². The van der Waals surface area contributed by atoms with Gasteiger partial charge in [0.15, 0.2) is 0 Å². The number of hydrogen-bond acceptors (Lipinski definition) is 2. The number of amides is 1. The average Bonchev–Trinajstić information content (AvgIpc) is 2.20. The summed E-state index contributed by atoms with van der Waals surface area (Å²) in [4.78, 5) is 12.1. The fourth-order valence-electron chi connectivity index (χ4n) is 1.79. The molecule has 17 heavy (non-hydrogen) atoms. The van der Waals surface area contributed by atoms with Gasteiger partial charge < -0.3 is 11.1 Å². The van der Waals surface area contributed by atoms with Crippen molar-refractivity contribution in [3.8, 4) is 0 Å². The van der Waals surface area contributed by atoms with Gasteiger partial charge in [0.25, 0.3) is 5.91 Å². The number of hydrogen-bond donors (Lipinski definition) is 2. The fraction of sp³-hybridized carbons (Fsp3) is 0.462. The summed E-state index contributed by atoms with van der Waals surface area (Å²) in [5.41, 5.74) is 6.61. The van der Waals surface area contributed by atoms with E-state index < -0.39 is 0 Å². The summed E-state index contributed by atoms with van der Waals surface area (Å²) in [6, 6.07) is 5.29. The van der Waals surface area contributed by atoms with Crippen molar-refractivity contribution in [2.75, 3.05) is 5.73 Å². The molecule has 0 aliphatic rings. The van der Waals surface area contributed by atoms with Crippen LogP contribution in [0.3, 0.4) is 0 Å². The van der Waals surface area contributed by atoms with Crippen molar-refractivity contribution in [1.82, 2.24) is 5.32 Å². The molecule has 0 aliphatic carbocycles. The third kappa shape index (κ3) is 4.04. The van der Waals surface area contributed by atoms with Crippen molar-refractivity contribution in [3.05, 3.63) is 28.2 Å². The lowest BCUT2D eigenvalue weighted by atomic mass is 9.98. The molecular weight excluding hydrogens is 280 g/mol. The van der Waals surface area contributed by atoms with Gasteiger partial charge in [-0.15, -0.1) is 0 Å². The second-order valence-electron chi connectivity index (χ2n) is 4.82. The lowest BCUT2D eigenvalue weighted by Gasteiger charge is -2.26. The van der Waals surface area contributed by atoms with Crippen molar-refractivity contribution in [1.29, 1.82) is 0 Å². The lowest BCUT2D eigenvalue weighted by Crippen LogP contribution is -2.43. The number of nitrogens with one attached hydrogen (secondary N) is 1. The maximum atomic E-state index is 12.1. The van der Waals surface area contributed by atoms with Crippen LogP contribution in [-0.2, 0) is 0 Å². The highest BCUT2D eigenvalue weighted by atomic mass is 79.9. The Balaban J connectivity index is 2.86. The Morgan fingerprint density at radius 2 is 2.12 bits per heavy atom. The third-order valence-corrected chi connectivity index (χ3v) is 3.08. The van der Waals surface area contributed by atoms with Crippen LogP contribution in [0.25, 0.3) is 0 Å². The number of anilines is 1. The highest BCUT2D eigenvalue weighted by Crippen LogP contribution is 2.20. The number of benzene rings is 1. The first-order valence-electron chi connectivity index (χ1n) is 5.73. The molecule has 0 unspecified atom stereocenters. The minimum absolute atomic E-state index is 0.123. The number of carbonyl (C=O) groups excluding carboxylic acids is 1. The summed E-state index contributed by atoms with van der Waals surface area (Å²) in [7, 11) is 0. The molecule has 1 amide bonds. The highest BCUT2D eigenvalue weighted by molar-refractivity contribution is 9.10. The minimum atomic E-state index is -0.208.